The number of benzene rings is 2. The molecule has 0 spiro atoms. The first-order valence-corrected chi connectivity index (χ1v) is 8.39. The third-order valence-corrected chi connectivity index (χ3v) is 5.35. The second-order valence-electron chi connectivity index (χ2n) is 6.80. The van der Waals surface area contributed by atoms with Crippen LogP contribution in [0.3, 0.4) is 0 Å². The molecule has 5 nitrogen and oxygen atoms in total. The van der Waals surface area contributed by atoms with Gasteiger partial charge in [0.1, 0.15) is 0 Å². The molecule has 2 atom stereocenters. The van der Waals surface area contributed by atoms with E-state index in [-0.39, 0.29) is 16.5 Å². The Balaban J connectivity index is 1.73. The van der Waals surface area contributed by atoms with E-state index in [2.05, 4.69) is 41.1 Å². The predicted octanol–water partition coefficient (Wildman–Crippen LogP) is 3.03. The Labute approximate surface area is 141 Å². The summed E-state index contributed by atoms with van der Waals surface area (Å²) in [7, 11) is 2.18. The summed E-state index contributed by atoms with van der Waals surface area (Å²) < 4.78 is 0. The average molecular weight is 323 g/mol. The molecular formula is C19H21N3O2. The van der Waals surface area contributed by atoms with E-state index in [0.29, 0.717) is 6.04 Å². The van der Waals surface area contributed by atoms with Crippen molar-refractivity contribution in [1.29, 1.82) is 0 Å². The van der Waals surface area contributed by atoms with E-state index in [1.807, 2.05) is 12.1 Å². The van der Waals surface area contributed by atoms with Crippen LogP contribution in [0.25, 0.3) is 0 Å². The molecule has 2 aromatic carbocycles. The number of hydrogen-bond donors (Lipinski definition) is 0. The second kappa shape index (κ2) is 6.00. The largest absolute Gasteiger partial charge is 0.303 e. The Hall–Kier alpha value is -2.24. The summed E-state index contributed by atoms with van der Waals surface area (Å²) in [5.74, 6) is 0.279. The van der Waals surface area contributed by atoms with Gasteiger partial charge in [-0.25, -0.2) is 0 Å². The van der Waals surface area contributed by atoms with Crippen molar-refractivity contribution in [3.05, 3.63) is 75.3 Å². The van der Waals surface area contributed by atoms with Gasteiger partial charge in [0, 0.05) is 50.3 Å². The van der Waals surface area contributed by atoms with E-state index < -0.39 is 0 Å². The third kappa shape index (κ3) is 2.60. The Kier molecular flexibility index (Phi) is 3.82. The minimum absolute atomic E-state index is 0.153. The molecule has 0 aromatic heterocycles. The Morgan fingerprint density at radius 1 is 1.00 bits per heavy atom. The van der Waals surface area contributed by atoms with Crippen molar-refractivity contribution in [1.82, 2.24) is 9.80 Å². The lowest BCUT2D eigenvalue weighted by Gasteiger charge is -2.46. The topological polar surface area (TPSA) is 49.6 Å². The zero-order valence-electron chi connectivity index (χ0n) is 13.8. The number of non-ortho nitro benzene ring substituents is 1. The average Bonchev–Trinajstić information content (AvgIpc) is 2.61. The molecule has 0 saturated carbocycles. The van der Waals surface area contributed by atoms with E-state index in [1.54, 1.807) is 12.1 Å². The van der Waals surface area contributed by atoms with Crippen LogP contribution in [-0.4, -0.2) is 47.9 Å². The lowest BCUT2D eigenvalue weighted by Crippen LogP contribution is -2.50. The van der Waals surface area contributed by atoms with Gasteiger partial charge in [0.05, 0.1) is 4.92 Å². The van der Waals surface area contributed by atoms with Gasteiger partial charge >= 0.3 is 0 Å². The molecule has 2 aliphatic heterocycles. The highest BCUT2D eigenvalue weighted by Gasteiger charge is 2.36. The monoisotopic (exact) mass is 323 g/mol. The van der Waals surface area contributed by atoms with Crippen molar-refractivity contribution in [2.24, 2.45) is 0 Å². The van der Waals surface area contributed by atoms with Crippen LogP contribution in [0.1, 0.15) is 28.7 Å². The van der Waals surface area contributed by atoms with Crippen LogP contribution in [-0.2, 0) is 0 Å². The summed E-state index contributed by atoms with van der Waals surface area (Å²) >= 11 is 0. The highest BCUT2D eigenvalue weighted by Crippen LogP contribution is 2.40. The predicted molar refractivity (Wildman–Crippen MR) is 93.2 cm³/mol. The maximum absolute atomic E-state index is 10.9. The molecular weight excluding hydrogens is 302 g/mol. The van der Waals surface area contributed by atoms with Gasteiger partial charge in [-0.15, -0.1) is 0 Å². The van der Waals surface area contributed by atoms with Crippen molar-refractivity contribution in [2.45, 2.75) is 12.0 Å². The molecule has 0 unspecified atom stereocenters. The van der Waals surface area contributed by atoms with Gasteiger partial charge in [-0.2, -0.15) is 0 Å². The fraction of sp³-hybridized carbons (Fsp3) is 0.368. The molecule has 4 rings (SSSR count). The molecule has 1 fully saturated rings. The van der Waals surface area contributed by atoms with Crippen LogP contribution < -0.4 is 0 Å². The third-order valence-electron chi connectivity index (χ3n) is 5.35. The molecule has 0 N–H and O–H groups in total. The number of nitrogens with zero attached hydrogens (tertiary/aromatic N) is 3. The van der Waals surface area contributed by atoms with E-state index in [1.165, 1.54) is 11.1 Å². The number of nitro benzene ring substituents is 1. The van der Waals surface area contributed by atoms with Gasteiger partial charge in [-0.1, -0.05) is 36.4 Å². The molecule has 2 heterocycles. The van der Waals surface area contributed by atoms with Gasteiger partial charge in [-0.3, -0.25) is 15.0 Å². The molecule has 5 heteroatoms. The van der Waals surface area contributed by atoms with Crippen molar-refractivity contribution >= 4 is 5.69 Å². The first-order chi connectivity index (χ1) is 11.6. The molecule has 0 radical (unpaired) electrons. The molecule has 1 saturated heterocycles. The summed E-state index contributed by atoms with van der Waals surface area (Å²) in [4.78, 5) is 15.5. The van der Waals surface area contributed by atoms with Crippen LogP contribution in [0.2, 0.25) is 0 Å². The van der Waals surface area contributed by atoms with Crippen molar-refractivity contribution < 1.29 is 4.92 Å². The SMILES string of the molecule is CN1CCN2C[C@@H](c3ccc([N+](=O)[O-])cc3)c3ccccc3[C@H]2C1. The number of piperazine rings is 1. The molecule has 0 amide bonds. The minimum atomic E-state index is -0.338. The zero-order chi connectivity index (χ0) is 16.7. The number of fused-ring (bicyclic) bond motifs is 3. The molecule has 2 aliphatic rings. The van der Waals surface area contributed by atoms with Crippen LogP contribution in [0.5, 0.6) is 0 Å². The molecule has 0 bridgehead atoms. The zero-order valence-corrected chi connectivity index (χ0v) is 13.8. The molecule has 0 aliphatic carbocycles. The Morgan fingerprint density at radius 3 is 2.42 bits per heavy atom. The van der Waals surface area contributed by atoms with Crippen LogP contribution in [0.4, 0.5) is 5.69 Å². The first kappa shape index (κ1) is 15.3. The maximum Gasteiger partial charge on any atom is 0.269 e. The Morgan fingerprint density at radius 2 is 1.71 bits per heavy atom. The fourth-order valence-electron chi connectivity index (χ4n) is 4.05. The highest BCUT2D eigenvalue weighted by atomic mass is 16.6. The van der Waals surface area contributed by atoms with Crippen molar-refractivity contribution in [3.63, 3.8) is 0 Å². The number of nitro groups is 1. The molecule has 24 heavy (non-hydrogen) atoms. The fourth-order valence-corrected chi connectivity index (χ4v) is 4.05. The summed E-state index contributed by atoms with van der Waals surface area (Å²) in [6, 6.07) is 16.2. The lowest BCUT2D eigenvalue weighted by molar-refractivity contribution is -0.384. The number of rotatable bonds is 2. The van der Waals surface area contributed by atoms with Crippen molar-refractivity contribution in [3.8, 4) is 0 Å². The van der Waals surface area contributed by atoms with Gasteiger partial charge in [-0.05, 0) is 23.7 Å². The summed E-state index contributed by atoms with van der Waals surface area (Å²) in [5.41, 5.74) is 4.08. The summed E-state index contributed by atoms with van der Waals surface area (Å²) in [6.07, 6.45) is 0. The van der Waals surface area contributed by atoms with Gasteiger partial charge in [0.25, 0.3) is 5.69 Å². The van der Waals surface area contributed by atoms with E-state index in [0.717, 1.165) is 31.7 Å². The normalized spacial score (nSPS) is 24.2. The maximum atomic E-state index is 10.9. The Bertz CT molecular complexity index is 759. The van der Waals surface area contributed by atoms with Gasteiger partial charge < -0.3 is 4.90 Å². The molecule has 2 aromatic rings. The van der Waals surface area contributed by atoms with Crippen LogP contribution in [0, 0.1) is 10.1 Å². The van der Waals surface area contributed by atoms with Crippen LogP contribution >= 0.6 is 0 Å². The molecule has 124 valence electrons. The standard InChI is InChI=1S/C19H21N3O2/c1-20-10-11-21-12-18(14-6-8-15(9-7-14)22(23)24)16-4-2-3-5-17(16)19(21)13-20/h2-9,18-19H,10-13H2,1H3/t18-,19+/m0/s1. The lowest BCUT2D eigenvalue weighted by atomic mass is 9.80. The van der Waals surface area contributed by atoms with Crippen LogP contribution in [0.15, 0.2) is 48.5 Å². The van der Waals surface area contributed by atoms with E-state index >= 15 is 0 Å². The summed E-state index contributed by atoms with van der Waals surface area (Å²) in [6.45, 7) is 4.20. The summed E-state index contributed by atoms with van der Waals surface area (Å²) in [5, 5.41) is 10.9. The van der Waals surface area contributed by atoms with E-state index in [4.69, 9.17) is 0 Å². The second-order valence-corrected chi connectivity index (χ2v) is 6.80. The van der Waals surface area contributed by atoms with E-state index in [9.17, 15) is 10.1 Å². The smallest absolute Gasteiger partial charge is 0.269 e. The number of likely N-dealkylation sites (N-methyl/N-ethyl adjacent to an activating group) is 1. The van der Waals surface area contributed by atoms with Crippen molar-refractivity contribution in [2.75, 3.05) is 33.2 Å². The quantitative estimate of drug-likeness (QED) is 0.630. The highest BCUT2D eigenvalue weighted by molar-refractivity contribution is 5.44. The first-order valence-electron chi connectivity index (χ1n) is 8.39. The minimum Gasteiger partial charge on any atom is -0.303 e. The number of hydrogen-bond acceptors (Lipinski definition) is 4. The van der Waals surface area contributed by atoms with Gasteiger partial charge in [0.15, 0.2) is 0 Å². The van der Waals surface area contributed by atoms with Gasteiger partial charge in [0.2, 0.25) is 0 Å².